The average Bonchev–Trinajstić information content (AvgIpc) is 2.37. The molecule has 2 atom stereocenters. The summed E-state index contributed by atoms with van der Waals surface area (Å²) in [6.45, 7) is 2.14. The molecule has 0 aromatic carbocycles. The van der Waals surface area contributed by atoms with E-state index in [1.165, 1.54) is 12.8 Å². The van der Waals surface area contributed by atoms with Crippen LogP contribution in [0.4, 0.5) is 0 Å². The molecule has 2 rings (SSSR count). The molecule has 1 aromatic rings. The van der Waals surface area contributed by atoms with Gasteiger partial charge in [-0.15, -0.1) is 0 Å². The highest BCUT2D eigenvalue weighted by atomic mass is 16.5. The summed E-state index contributed by atoms with van der Waals surface area (Å²) in [6.07, 6.45) is 8.49. The molecular weight excluding hydrogens is 226 g/mol. The second kappa shape index (κ2) is 6.42. The SMILES string of the molecule is CC1CCCC(Oc2cncc(C#CCO)c2)C1. The van der Waals surface area contributed by atoms with Crippen molar-refractivity contribution in [2.45, 2.75) is 38.7 Å². The lowest BCUT2D eigenvalue weighted by Crippen LogP contribution is -2.24. The van der Waals surface area contributed by atoms with Gasteiger partial charge in [0.15, 0.2) is 0 Å². The third-order valence-corrected chi connectivity index (χ3v) is 3.22. The maximum absolute atomic E-state index is 8.66. The van der Waals surface area contributed by atoms with E-state index in [1.54, 1.807) is 12.4 Å². The van der Waals surface area contributed by atoms with E-state index in [1.807, 2.05) is 6.07 Å². The molecule has 1 fully saturated rings. The monoisotopic (exact) mass is 245 g/mol. The van der Waals surface area contributed by atoms with Crippen molar-refractivity contribution in [3.63, 3.8) is 0 Å². The van der Waals surface area contributed by atoms with Gasteiger partial charge in [-0.05, 0) is 31.2 Å². The topological polar surface area (TPSA) is 42.4 Å². The lowest BCUT2D eigenvalue weighted by molar-refractivity contribution is 0.129. The van der Waals surface area contributed by atoms with Gasteiger partial charge in [0.25, 0.3) is 0 Å². The molecule has 1 heterocycles. The van der Waals surface area contributed by atoms with Crippen molar-refractivity contribution < 1.29 is 9.84 Å². The zero-order valence-electron chi connectivity index (χ0n) is 10.7. The number of rotatable bonds is 2. The van der Waals surface area contributed by atoms with Crippen LogP contribution in [0, 0.1) is 17.8 Å². The van der Waals surface area contributed by atoms with E-state index >= 15 is 0 Å². The van der Waals surface area contributed by atoms with Crippen LogP contribution in [0.3, 0.4) is 0 Å². The summed E-state index contributed by atoms with van der Waals surface area (Å²) in [7, 11) is 0. The first-order chi connectivity index (χ1) is 8.78. The lowest BCUT2D eigenvalue weighted by Gasteiger charge is -2.27. The van der Waals surface area contributed by atoms with Gasteiger partial charge < -0.3 is 9.84 Å². The van der Waals surface area contributed by atoms with Crippen molar-refractivity contribution >= 4 is 0 Å². The maximum Gasteiger partial charge on any atom is 0.139 e. The summed E-state index contributed by atoms with van der Waals surface area (Å²) in [6, 6.07) is 1.88. The molecule has 1 saturated carbocycles. The summed E-state index contributed by atoms with van der Waals surface area (Å²) < 4.78 is 5.95. The highest BCUT2D eigenvalue weighted by molar-refractivity contribution is 5.36. The minimum Gasteiger partial charge on any atom is -0.489 e. The number of pyridine rings is 1. The average molecular weight is 245 g/mol. The molecule has 0 bridgehead atoms. The van der Waals surface area contributed by atoms with Gasteiger partial charge in [-0.2, -0.15) is 0 Å². The van der Waals surface area contributed by atoms with E-state index in [-0.39, 0.29) is 6.61 Å². The molecule has 3 heteroatoms. The number of aliphatic hydroxyl groups excluding tert-OH is 1. The first-order valence-corrected chi connectivity index (χ1v) is 6.49. The minimum absolute atomic E-state index is 0.134. The summed E-state index contributed by atoms with van der Waals surface area (Å²) >= 11 is 0. The van der Waals surface area contributed by atoms with Crippen LogP contribution in [0.15, 0.2) is 18.5 Å². The number of aromatic nitrogens is 1. The number of ether oxygens (including phenoxy) is 1. The molecule has 0 radical (unpaired) electrons. The summed E-state index contributed by atoms with van der Waals surface area (Å²) in [5, 5.41) is 8.66. The Morgan fingerprint density at radius 3 is 3.11 bits per heavy atom. The normalized spacial score (nSPS) is 23.0. The van der Waals surface area contributed by atoms with Gasteiger partial charge >= 0.3 is 0 Å². The fourth-order valence-electron chi connectivity index (χ4n) is 2.37. The molecule has 96 valence electrons. The van der Waals surface area contributed by atoms with Crippen LogP contribution in [-0.2, 0) is 0 Å². The van der Waals surface area contributed by atoms with E-state index in [4.69, 9.17) is 9.84 Å². The van der Waals surface area contributed by atoms with Gasteiger partial charge in [-0.1, -0.05) is 25.2 Å². The zero-order valence-corrected chi connectivity index (χ0v) is 10.7. The lowest BCUT2D eigenvalue weighted by atomic mass is 9.89. The van der Waals surface area contributed by atoms with E-state index in [0.717, 1.165) is 30.1 Å². The Morgan fingerprint density at radius 2 is 2.33 bits per heavy atom. The standard InChI is InChI=1S/C15H19NO2/c1-12-4-2-6-14(8-12)18-15-9-13(5-3-7-17)10-16-11-15/h9-12,14,17H,2,4,6-8H2,1H3. The molecular formula is C15H19NO2. The van der Waals surface area contributed by atoms with Crippen LogP contribution >= 0.6 is 0 Å². The Kier molecular flexibility index (Phi) is 4.60. The van der Waals surface area contributed by atoms with E-state index in [0.29, 0.717) is 6.10 Å². The van der Waals surface area contributed by atoms with Gasteiger partial charge in [0.1, 0.15) is 12.4 Å². The molecule has 0 amide bonds. The fourth-order valence-corrected chi connectivity index (χ4v) is 2.37. The Labute approximate surface area is 108 Å². The Hall–Kier alpha value is -1.53. The molecule has 2 unspecified atom stereocenters. The molecule has 3 nitrogen and oxygen atoms in total. The van der Waals surface area contributed by atoms with Crippen LogP contribution < -0.4 is 4.74 Å². The highest BCUT2D eigenvalue weighted by Gasteiger charge is 2.20. The number of aliphatic hydroxyl groups is 1. The third kappa shape index (κ3) is 3.75. The van der Waals surface area contributed by atoms with Crippen molar-refractivity contribution in [3.8, 4) is 17.6 Å². The van der Waals surface area contributed by atoms with Crippen LogP contribution in [0.1, 0.15) is 38.2 Å². The number of hydrogen-bond acceptors (Lipinski definition) is 3. The maximum atomic E-state index is 8.66. The van der Waals surface area contributed by atoms with E-state index < -0.39 is 0 Å². The zero-order chi connectivity index (χ0) is 12.8. The second-order valence-electron chi connectivity index (χ2n) is 4.88. The fraction of sp³-hybridized carbons (Fsp3) is 0.533. The third-order valence-electron chi connectivity index (χ3n) is 3.22. The van der Waals surface area contributed by atoms with Crippen molar-refractivity contribution in [2.75, 3.05) is 6.61 Å². The molecule has 1 N–H and O–H groups in total. The first-order valence-electron chi connectivity index (χ1n) is 6.49. The molecule has 18 heavy (non-hydrogen) atoms. The predicted molar refractivity (Wildman–Crippen MR) is 70.2 cm³/mol. The molecule has 1 aliphatic carbocycles. The summed E-state index contributed by atoms with van der Waals surface area (Å²) in [4.78, 5) is 4.11. The summed E-state index contributed by atoms with van der Waals surface area (Å²) in [5.74, 6) is 6.97. The van der Waals surface area contributed by atoms with Gasteiger partial charge in [-0.3, -0.25) is 4.98 Å². The predicted octanol–water partition coefficient (Wildman–Crippen LogP) is 2.38. The molecule has 0 saturated heterocycles. The van der Waals surface area contributed by atoms with Crippen LogP contribution in [0.25, 0.3) is 0 Å². The van der Waals surface area contributed by atoms with Crippen LogP contribution in [-0.4, -0.2) is 22.8 Å². The van der Waals surface area contributed by atoms with Crippen molar-refractivity contribution in [3.05, 3.63) is 24.0 Å². The van der Waals surface area contributed by atoms with Gasteiger partial charge in [0.2, 0.25) is 0 Å². The van der Waals surface area contributed by atoms with Crippen molar-refractivity contribution in [2.24, 2.45) is 5.92 Å². The molecule has 0 aliphatic heterocycles. The number of hydrogen-bond donors (Lipinski definition) is 1. The highest BCUT2D eigenvalue weighted by Crippen LogP contribution is 2.27. The molecule has 0 spiro atoms. The van der Waals surface area contributed by atoms with Crippen LogP contribution in [0.2, 0.25) is 0 Å². The Balaban J connectivity index is 2.00. The number of nitrogens with zero attached hydrogens (tertiary/aromatic N) is 1. The summed E-state index contributed by atoms with van der Waals surface area (Å²) in [5.41, 5.74) is 0.783. The van der Waals surface area contributed by atoms with Crippen molar-refractivity contribution in [1.29, 1.82) is 0 Å². The Morgan fingerprint density at radius 1 is 1.44 bits per heavy atom. The van der Waals surface area contributed by atoms with Crippen molar-refractivity contribution in [1.82, 2.24) is 4.98 Å². The van der Waals surface area contributed by atoms with Gasteiger partial charge in [0.05, 0.1) is 12.3 Å². The van der Waals surface area contributed by atoms with E-state index in [2.05, 4.69) is 23.7 Å². The quantitative estimate of drug-likeness (QED) is 0.813. The minimum atomic E-state index is -0.134. The van der Waals surface area contributed by atoms with E-state index in [9.17, 15) is 0 Å². The molecule has 1 aliphatic rings. The first kappa shape index (κ1) is 12.9. The Bertz CT molecular complexity index is 447. The largest absolute Gasteiger partial charge is 0.489 e. The molecule has 1 aromatic heterocycles. The second-order valence-corrected chi connectivity index (χ2v) is 4.88. The van der Waals surface area contributed by atoms with Gasteiger partial charge in [-0.25, -0.2) is 0 Å². The van der Waals surface area contributed by atoms with Crippen LogP contribution in [0.5, 0.6) is 5.75 Å². The smallest absolute Gasteiger partial charge is 0.139 e. The van der Waals surface area contributed by atoms with Gasteiger partial charge in [0, 0.05) is 11.8 Å².